The summed E-state index contributed by atoms with van der Waals surface area (Å²) in [7, 11) is 0. The van der Waals surface area contributed by atoms with Gasteiger partial charge in [0.15, 0.2) is 0 Å². The van der Waals surface area contributed by atoms with Crippen LogP contribution in [0, 0.1) is 0 Å². The van der Waals surface area contributed by atoms with Gasteiger partial charge in [-0.2, -0.15) is 0 Å². The molecular formula is C9H7N3O2. The Bertz CT molecular complexity index is 450. The van der Waals surface area contributed by atoms with Crippen LogP contribution in [0.25, 0.3) is 5.69 Å². The van der Waals surface area contributed by atoms with Crippen LogP contribution < -0.4 is 0 Å². The van der Waals surface area contributed by atoms with Gasteiger partial charge in [-0.3, -0.25) is 9.55 Å². The Morgan fingerprint density at radius 1 is 1.29 bits per heavy atom. The number of carboxylic acid groups (broad SMARTS) is 1. The summed E-state index contributed by atoms with van der Waals surface area (Å²) in [5.41, 5.74) is 0.731. The summed E-state index contributed by atoms with van der Waals surface area (Å²) in [4.78, 5) is 18.3. The number of carbonyl (C=O) groups is 1. The summed E-state index contributed by atoms with van der Waals surface area (Å²) < 4.78 is 1.49. The Morgan fingerprint density at radius 3 is 2.64 bits per heavy atom. The van der Waals surface area contributed by atoms with Crippen LogP contribution in [0.3, 0.4) is 0 Å². The van der Waals surface area contributed by atoms with Crippen molar-refractivity contribution >= 4 is 5.97 Å². The third-order valence-corrected chi connectivity index (χ3v) is 1.77. The molecule has 0 unspecified atom stereocenters. The first-order valence-corrected chi connectivity index (χ1v) is 3.96. The van der Waals surface area contributed by atoms with E-state index in [-0.39, 0.29) is 5.82 Å². The average Bonchev–Trinajstić information content (AvgIpc) is 2.67. The van der Waals surface area contributed by atoms with Crippen LogP contribution in [0.4, 0.5) is 0 Å². The zero-order chi connectivity index (χ0) is 9.97. The van der Waals surface area contributed by atoms with Crippen LogP contribution in [0.15, 0.2) is 36.9 Å². The lowest BCUT2D eigenvalue weighted by molar-refractivity contribution is 0.0681. The topological polar surface area (TPSA) is 68.0 Å². The second-order valence-electron chi connectivity index (χ2n) is 2.63. The van der Waals surface area contributed by atoms with Crippen molar-refractivity contribution in [3.8, 4) is 5.69 Å². The quantitative estimate of drug-likeness (QED) is 0.764. The van der Waals surface area contributed by atoms with E-state index in [1.807, 2.05) is 0 Å². The predicted octanol–water partition coefficient (Wildman–Crippen LogP) is 0.965. The molecule has 2 aromatic rings. The van der Waals surface area contributed by atoms with Gasteiger partial charge in [0, 0.05) is 24.8 Å². The second-order valence-corrected chi connectivity index (χ2v) is 2.63. The Kier molecular flexibility index (Phi) is 1.98. The summed E-state index contributed by atoms with van der Waals surface area (Å²) in [5, 5.41) is 8.82. The molecule has 14 heavy (non-hydrogen) atoms. The molecule has 0 aliphatic carbocycles. The van der Waals surface area contributed by atoms with E-state index in [2.05, 4.69) is 9.97 Å². The van der Waals surface area contributed by atoms with Crippen molar-refractivity contribution < 1.29 is 9.90 Å². The molecule has 0 aliphatic rings. The number of aromatic carboxylic acids is 1. The molecule has 0 saturated carbocycles. The first kappa shape index (κ1) is 8.43. The van der Waals surface area contributed by atoms with Crippen molar-refractivity contribution in [2.24, 2.45) is 0 Å². The molecule has 2 heterocycles. The van der Waals surface area contributed by atoms with Crippen LogP contribution in [0.2, 0.25) is 0 Å². The van der Waals surface area contributed by atoms with E-state index < -0.39 is 5.97 Å². The largest absolute Gasteiger partial charge is 0.475 e. The second kappa shape index (κ2) is 3.29. The van der Waals surface area contributed by atoms with Crippen molar-refractivity contribution in [1.29, 1.82) is 0 Å². The zero-order valence-corrected chi connectivity index (χ0v) is 7.16. The summed E-state index contributed by atoms with van der Waals surface area (Å²) in [5.74, 6) is -1.05. The zero-order valence-electron chi connectivity index (χ0n) is 7.16. The molecule has 5 nitrogen and oxygen atoms in total. The lowest BCUT2D eigenvalue weighted by atomic mass is 10.4. The lowest BCUT2D eigenvalue weighted by Crippen LogP contribution is -2.07. The van der Waals surface area contributed by atoms with Crippen molar-refractivity contribution in [2.45, 2.75) is 0 Å². The van der Waals surface area contributed by atoms with E-state index in [9.17, 15) is 4.79 Å². The molecule has 0 spiro atoms. The smallest absolute Gasteiger partial charge is 0.372 e. The van der Waals surface area contributed by atoms with Gasteiger partial charge in [-0.05, 0) is 12.1 Å². The highest BCUT2D eigenvalue weighted by molar-refractivity contribution is 5.84. The lowest BCUT2D eigenvalue weighted by Gasteiger charge is -2.02. The first-order chi connectivity index (χ1) is 6.79. The minimum atomic E-state index is -1.05. The number of imidazole rings is 1. The first-order valence-electron chi connectivity index (χ1n) is 3.96. The van der Waals surface area contributed by atoms with E-state index in [1.165, 1.54) is 10.8 Å². The van der Waals surface area contributed by atoms with E-state index in [4.69, 9.17) is 5.11 Å². The molecule has 0 bridgehead atoms. The number of rotatable bonds is 2. The highest BCUT2D eigenvalue weighted by Gasteiger charge is 2.11. The average molecular weight is 189 g/mol. The molecule has 1 N–H and O–H groups in total. The molecule has 2 rings (SSSR count). The van der Waals surface area contributed by atoms with Gasteiger partial charge in [-0.1, -0.05) is 0 Å². The predicted molar refractivity (Wildman–Crippen MR) is 48.3 cm³/mol. The van der Waals surface area contributed by atoms with Gasteiger partial charge in [-0.25, -0.2) is 9.78 Å². The maximum atomic E-state index is 10.8. The van der Waals surface area contributed by atoms with Gasteiger partial charge in [0.1, 0.15) is 0 Å². The number of nitrogens with zero attached hydrogens (tertiary/aromatic N) is 3. The SMILES string of the molecule is O=C(O)c1nccn1-c1ccncc1. The molecule has 70 valence electrons. The highest BCUT2D eigenvalue weighted by Crippen LogP contribution is 2.08. The summed E-state index contributed by atoms with van der Waals surface area (Å²) in [6.45, 7) is 0. The Morgan fingerprint density at radius 2 is 2.00 bits per heavy atom. The number of pyridine rings is 1. The van der Waals surface area contributed by atoms with Crippen LogP contribution >= 0.6 is 0 Å². The summed E-state index contributed by atoms with van der Waals surface area (Å²) >= 11 is 0. The standard InChI is InChI=1S/C9H7N3O2/c13-9(14)8-11-5-6-12(8)7-1-3-10-4-2-7/h1-6H,(H,13,14). The van der Waals surface area contributed by atoms with E-state index in [1.54, 1.807) is 30.7 Å². The van der Waals surface area contributed by atoms with Gasteiger partial charge >= 0.3 is 5.97 Å². The fourth-order valence-corrected chi connectivity index (χ4v) is 1.17. The van der Waals surface area contributed by atoms with Crippen LogP contribution in [0.5, 0.6) is 0 Å². The third-order valence-electron chi connectivity index (χ3n) is 1.77. The fraction of sp³-hybridized carbons (Fsp3) is 0. The fourth-order valence-electron chi connectivity index (χ4n) is 1.17. The molecule has 0 amide bonds. The van der Waals surface area contributed by atoms with Gasteiger partial charge in [-0.15, -0.1) is 0 Å². The van der Waals surface area contributed by atoms with Gasteiger partial charge in [0.2, 0.25) is 5.82 Å². The number of hydrogen-bond donors (Lipinski definition) is 1. The van der Waals surface area contributed by atoms with Crippen LogP contribution in [0.1, 0.15) is 10.6 Å². The number of carboxylic acids is 1. The summed E-state index contributed by atoms with van der Waals surface area (Å²) in [6.07, 6.45) is 6.24. The molecule has 2 aromatic heterocycles. The van der Waals surface area contributed by atoms with E-state index in [0.29, 0.717) is 0 Å². The van der Waals surface area contributed by atoms with Crippen LogP contribution in [-0.4, -0.2) is 25.6 Å². The van der Waals surface area contributed by atoms with Gasteiger partial charge in [0.25, 0.3) is 0 Å². The van der Waals surface area contributed by atoms with Gasteiger partial charge < -0.3 is 5.11 Å². The van der Waals surface area contributed by atoms with E-state index in [0.717, 1.165) is 5.69 Å². The molecule has 0 atom stereocenters. The molecule has 0 aromatic carbocycles. The number of hydrogen-bond acceptors (Lipinski definition) is 3. The summed E-state index contributed by atoms with van der Waals surface area (Å²) in [6, 6.07) is 3.43. The minimum absolute atomic E-state index is 0.00352. The monoisotopic (exact) mass is 189 g/mol. The van der Waals surface area contributed by atoms with Crippen molar-refractivity contribution in [2.75, 3.05) is 0 Å². The Labute approximate surface area is 79.7 Å². The molecule has 5 heteroatoms. The molecule has 0 aliphatic heterocycles. The number of aromatic nitrogens is 3. The molecule has 0 fully saturated rings. The van der Waals surface area contributed by atoms with Crippen molar-refractivity contribution in [3.05, 3.63) is 42.7 Å². The maximum absolute atomic E-state index is 10.8. The Balaban J connectivity index is 2.52. The molecular weight excluding hydrogens is 182 g/mol. The maximum Gasteiger partial charge on any atom is 0.372 e. The third kappa shape index (κ3) is 1.35. The van der Waals surface area contributed by atoms with Crippen molar-refractivity contribution in [1.82, 2.24) is 14.5 Å². The molecule has 0 radical (unpaired) electrons. The van der Waals surface area contributed by atoms with Crippen LogP contribution in [-0.2, 0) is 0 Å². The normalized spacial score (nSPS) is 10.0. The molecule has 0 saturated heterocycles. The highest BCUT2D eigenvalue weighted by atomic mass is 16.4. The minimum Gasteiger partial charge on any atom is -0.475 e. The van der Waals surface area contributed by atoms with E-state index >= 15 is 0 Å². The van der Waals surface area contributed by atoms with Gasteiger partial charge in [0.05, 0.1) is 5.69 Å². The van der Waals surface area contributed by atoms with Crippen molar-refractivity contribution in [3.63, 3.8) is 0 Å². The Hall–Kier alpha value is -2.17.